The van der Waals surface area contributed by atoms with Gasteiger partial charge in [-0.1, -0.05) is 12.1 Å². The molecule has 3 aromatic rings. The number of carbonyl (C=O) groups is 1. The van der Waals surface area contributed by atoms with Crippen LogP contribution in [0.15, 0.2) is 42.6 Å². The number of fused-ring (bicyclic) bond motifs is 2. The topological polar surface area (TPSA) is 65.6 Å². The Morgan fingerprint density at radius 3 is 2.67 bits per heavy atom. The van der Waals surface area contributed by atoms with E-state index in [1.807, 2.05) is 31.3 Å². The molecule has 7 heteroatoms. The van der Waals surface area contributed by atoms with Crippen LogP contribution >= 0.6 is 0 Å². The van der Waals surface area contributed by atoms with Crippen LogP contribution in [0.25, 0.3) is 10.9 Å². The van der Waals surface area contributed by atoms with E-state index in [-0.39, 0.29) is 23.4 Å². The number of ether oxygens (including phenoxy) is 1. The van der Waals surface area contributed by atoms with E-state index in [0.717, 1.165) is 39.9 Å². The maximum atomic E-state index is 13.5. The van der Waals surface area contributed by atoms with Crippen molar-refractivity contribution in [2.45, 2.75) is 38.8 Å². The lowest BCUT2D eigenvalue weighted by atomic mass is 9.88. The molecule has 1 saturated heterocycles. The average Bonchev–Trinajstić information content (AvgIpc) is 3.50. The van der Waals surface area contributed by atoms with Crippen molar-refractivity contribution in [3.8, 4) is 5.75 Å². The van der Waals surface area contributed by atoms with E-state index in [4.69, 9.17) is 4.74 Å². The number of aromatic amines is 1. The first-order chi connectivity index (χ1) is 15.9. The quantitative estimate of drug-likeness (QED) is 0.505. The van der Waals surface area contributed by atoms with Gasteiger partial charge in [-0.3, -0.25) is 4.90 Å². The number of methoxy groups -OCH3 is 1. The van der Waals surface area contributed by atoms with Crippen molar-refractivity contribution in [2.24, 2.45) is 17.8 Å². The van der Waals surface area contributed by atoms with Gasteiger partial charge in [0, 0.05) is 47.7 Å². The second kappa shape index (κ2) is 8.45. The minimum absolute atomic E-state index is 0.0402. The summed E-state index contributed by atoms with van der Waals surface area (Å²) in [7, 11) is 1.67. The SMILES string of the molecule is COc1cc(C)c2[nH]ccc2c1CN1CC2CC(C(F)F)CC2C1c1ccc(C(=O)O)cc1. The fraction of sp³-hybridized carbons (Fsp3) is 0.423. The summed E-state index contributed by atoms with van der Waals surface area (Å²) in [5.41, 5.74) is 4.47. The molecule has 4 atom stereocenters. The summed E-state index contributed by atoms with van der Waals surface area (Å²) in [4.78, 5) is 17.0. The highest BCUT2D eigenvalue weighted by Gasteiger charge is 2.49. The number of hydrogen-bond acceptors (Lipinski definition) is 3. The van der Waals surface area contributed by atoms with Crippen LogP contribution in [-0.4, -0.2) is 41.0 Å². The van der Waals surface area contributed by atoms with Crippen molar-refractivity contribution in [2.75, 3.05) is 13.7 Å². The second-order valence-corrected chi connectivity index (χ2v) is 9.43. The lowest BCUT2D eigenvalue weighted by molar-refractivity contribution is 0.0685. The fourth-order valence-electron chi connectivity index (χ4n) is 6.12. The van der Waals surface area contributed by atoms with Gasteiger partial charge in [-0.15, -0.1) is 0 Å². The van der Waals surface area contributed by atoms with Crippen LogP contribution in [0.5, 0.6) is 5.75 Å². The maximum Gasteiger partial charge on any atom is 0.335 e. The van der Waals surface area contributed by atoms with Crippen molar-refractivity contribution in [3.63, 3.8) is 0 Å². The Morgan fingerprint density at radius 2 is 2.00 bits per heavy atom. The summed E-state index contributed by atoms with van der Waals surface area (Å²) in [6.07, 6.45) is 0.659. The Hall–Kier alpha value is -2.93. The Bertz CT molecular complexity index is 1170. The number of rotatable bonds is 6. The van der Waals surface area contributed by atoms with Gasteiger partial charge in [0.05, 0.1) is 12.7 Å². The van der Waals surface area contributed by atoms with E-state index in [1.54, 1.807) is 19.2 Å². The highest BCUT2D eigenvalue weighted by atomic mass is 19.3. The van der Waals surface area contributed by atoms with Crippen LogP contribution < -0.4 is 4.74 Å². The van der Waals surface area contributed by atoms with E-state index in [1.165, 1.54) is 0 Å². The normalized spacial score (nSPS) is 25.1. The molecule has 1 aliphatic carbocycles. The van der Waals surface area contributed by atoms with Crippen LogP contribution in [0.2, 0.25) is 0 Å². The molecule has 1 aromatic heterocycles. The van der Waals surface area contributed by atoms with Gasteiger partial charge in [-0.25, -0.2) is 13.6 Å². The van der Waals surface area contributed by atoms with Gasteiger partial charge in [0.1, 0.15) is 5.75 Å². The van der Waals surface area contributed by atoms with Gasteiger partial charge >= 0.3 is 5.97 Å². The first kappa shape index (κ1) is 21.9. The largest absolute Gasteiger partial charge is 0.496 e. The minimum Gasteiger partial charge on any atom is -0.496 e. The predicted octanol–water partition coefficient (Wildman–Crippen LogP) is 5.65. The zero-order valence-corrected chi connectivity index (χ0v) is 18.7. The number of nitrogens with one attached hydrogen (secondary N) is 1. The molecule has 0 spiro atoms. The third kappa shape index (κ3) is 3.78. The number of benzene rings is 2. The number of aromatic carboxylic acids is 1. The van der Waals surface area contributed by atoms with Gasteiger partial charge < -0.3 is 14.8 Å². The molecule has 1 aliphatic heterocycles. The van der Waals surface area contributed by atoms with Crippen LogP contribution in [0, 0.1) is 24.7 Å². The monoisotopic (exact) mass is 454 g/mol. The number of H-pyrrole nitrogens is 1. The summed E-state index contributed by atoms with van der Waals surface area (Å²) >= 11 is 0. The molecule has 0 radical (unpaired) electrons. The highest BCUT2D eigenvalue weighted by molar-refractivity contribution is 5.88. The Balaban J connectivity index is 1.53. The number of carboxylic acids is 1. The number of likely N-dealkylation sites (tertiary alicyclic amines) is 1. The Kier molecular flexibility index (Phi) is 5.60. The first-order valence-corrected chi connectivity index (χ1v) is 11.4. The van der Waals surface area contributed by atoms with E-state index in [2.05, 4.69) is 16.0 Å². The first-order valence-electron chi connectivity index (χ1n) is 11.4. The maximum absolute atomic E-state index is 13.5. The number of alkyl halides is 2. The van der Waals surface area contributed by atoms with Gasteiger partial charge in [0.25, 0.3) is 0 Å². The minimum atomic E-state index is -2.30. The molecule has 174 valence electrons. The number of aromatic nitrogens is 1. The molecule has 1 saturated carbocycles. The van der Waals surface area contributed by atoms with Crippen molar-refractivity contribution in [1.82, 2.24) is 9.88 Å². The molecule has 5 nitrogen and oxygen atoms in total. The lowest BCUT2D eigenvalue weighted by Crippen LogP contribution is -2.27. The summed E-state index contributed by atoms with van der Waals surface area (Å²) in [5, 5.41) is 10.4. The Labute approximate surface area is 191 Å². The molecule has 2 N–H and O–H groups in total. The number of halogens is 2. The molecule has 0 amide bonds. The van der Waals surface area contributed by atoms with Gasteiger partial charge in [0.2, 0.25) is 6.43 Å². The summed E-state index contributed by atoms with van der Waals surface area (Å²) in [6, 6.07) is 11.0. The summed E-state index contributed by atoms with van der Waals surface area (Å²) in [5.74, 6) is -0.389. The molecule has 0 bridgehead atoms. The zero-order valence-electron chi connectivity index (χ0n) is 18.7. The number of aryl methyl sites for hydroxylation is 1. The van der Waals surface area contributed by atoms with E-state index < -0.39 is 18.3 Å². The molecule has 2 heterocycles. The molecular formula is C26H28F2N2O3. The van der Waals surface area contributed by atoms with Crippen molar-refractivity contribution < 1.29 is 23.4 Å². The van der Waals surface area contributed by atoms with Crippen molar-refractivity contribution in [1.29, 1.82) is 0 Å². The van der Waals surface area contributed by atoms with Crippen molar-refractivity contribution in [3.05, 3.63) is 64.8 Å². The van der Waals surface area contributed by atoms with Crippen molar-refractivity contribution >= 4 is 16.9 Å². The average molecular weight is 455 g/mol. The third-order valence-corrected chi connectivity index (χ3v) is 7.60. The van der Waals surface area contributed by atoms with E-state index >= 15 is 0 Å². The molecule has 2 fully saturated rings. The standard InChI is InChI=1S/C26H28F2N2O3/c1-14-9-22(33-2)21(19-7-8-29-23(14)19)13-30-12-18-10-17(25(27)28)11-20(18)24(30)15-3-5-16(6-4-15)26(31)32/h3-9,17-18,20,24-25,29H,10-13H2,1-2H3,(H,31,32). The fourth-order valence-corrected chi connectivity index (χ4v) is 6.12. The van der Waals surface area contributed by atoms with Crippen LogP contribution in [0.3, 0.4) is 0 Å². The predicted molar refractivity (Wildman–Crippen MR) is 122 cm³/mol. The molecule has 2 aliphatic rings. The summed E-state index contributed by atoms with van der Waals surface area (Å²) in [6.45, 7) is 3.42. The number of nitrogens with zero attached hydrogens (tertiary/aromatic N) is 1. The Morgan fingerprint density at radius 1 is 1.24 bits per heavy atom. The lowest BCUT2D eigenvalue weighted by Gasteiger charge is -2.30. The zero-order chi connectivity index (χ0) is 23.3. The van der Waals surface area contributed by atoms with Crippen LogP contribution in [-0.2, 0) is 6.54 Å². The molecular weight excluding hydrogens is 426 g/mol. The second-order valence-electron chi connectivity index (χ2n) is 9.43. The van der Waals surface area contributed by atoms with E-state index in [9.17, 15) is 18.7 Å². The number of hydrogen-bond donors (Lipinski definition) is 2. The molecule has 33 heavy (non-hydrogen) atoms. The van der Waals surface area contributed by atoms with Gasteiger partial charge in [-0.05, 0) is 67.0 Å². The number of carboxylic acid groups (broad SMARTS) is 1. The summed E-state index contributed by atoms with van der Waals surface area (Å²) < 4.78 is 32.8. The van der Waals surface area contributed by atoms with E-state index in [0.29, 0.717) is 19.4 Å². The molecule has 2 aromatic carbocycles. The third-order valence-electron chi connectivity index (χ3n) is 7.60. The van der Waals surface area contributed by atoms with Crippen LogP contribution in [0.4, 0.5) is 8.78 Å². The van der Waals surface area contributed by atoms with Gasteiger partial charge in [-0.2, -0.15) is 0 Å². The van der Waals surface area contributed by atoms with Crippen LogP contribution in [0.1, 0.15) is 45.9 Å². The molecule has 5 rings (SSSR count). The molecule has 4 unspecified atom stereocenters. The van der Waals surface area contributed by atoms with Gasteiger partial charge in [0.15, 0.2) is 0 Å². The highest BCUT2D eigenvalue weighted by Crippen LogP contribution is 2.53. The smallest absolute Gasteiger partial charge is 0.335 e.